The van der Waals surface area contributed by atoms with Crippen LogP contribution in [0.3, 0.4) is 0 Å². The zero-order valence-corrected chi connectivity index (χ0v) is 7.73. The number of nitrogens with zero attached hydrogens (tertiary/aromatic N) is 1. The molecular formula is C9H18FN. The lowest BCUT2D eigenvalue weighted by atomic mass is 9.83. The van der Waals surface area contributed by atoms with Crippen molar-refractivity contribution >= 4 is 0 Å². The Balaban J connectivity index is 2.48. The van der Waals surface area contributed by atoms with Crippen molar-refractivity contribution in [2.24, 2.45) is 5.92 Å². The summed E-state index contributed by atoms with van der Waals surface area (Å²) < 4.78 is 13.8. The number of rotatable bonds is 1. The van der Waals surface area contributed by atoms with Crippen LogP contribution in [0, 0.1) is 5.92 Å². The average molecular weight is 159 g/mol. The van der Waals surface area contributed by atoms with Gasteiger partial charge in [-0.25, -0.2) is 4.39 Å². The van der Waals surface area contributed by atoms with E-state index in [0.717, 1.165) is 13.1 Å². The SMILES string of the molecule is CC(C)C1(F)CCN(C)CC1. The van der Waals surface area contributed by atoms with Crippen molar-refractivity contribution in [1.82, 2.24) is 4.90 Å². The summed E-state index contributed by atoms with van der Waals surface area (Å²) in [6.07, 6.45) is 1.42. The first-order valence-corrected chi connectivity index (χ1v) is 4.42. The standard InChI is InChI=1S/C9H18FN/c1-8(2)9(10)4-6-11(3)7-5-9/h8H,4-7H2,1-3H3. The van der Waals surface area contributed by atoms with Crippen molar-refractivity contribution in [3.8, 4) is 0 Å². The monoisotopic (exact) mass is 159 g/mol. The Labute approximate surface area is 68.6 Å². The molecule has 0 atom stereocenters. The lowest BCUT2D eigenvalue weighted by molar-refractivity contribution is 0.0277. The summed E-state index contributed by atoms with van der Waals surface area (Å²) in [7, 11) is 2.06. The van der Waals surface area contributed by atoms with E-state index in [-0.39, 0.29) is 5.92 Å². The van der Waals surface area contributed by atoms with Gasteiger partial charge in [0.15, 0.2) is 0 Å². The maximum absolute atomic E-state index is 13.8. The van der Waals surface area contributed by atoms with Gasteiger partial charge in [-0.3, -0.25) is 0 Å². The molecule has 0 N–H and O–H groups in total. The zero-order chi connectivity index (χ0) is 8.48. The summed E-state index contributed by atoms with van der Waals surface area (Å²) in [5.74, 6) is 0.177. The van der Waals surface area contributed by atoms with Gasteiger partial charge >= 0.3 is 0 Å². The summed E-state index contributed by atoms with van der Waals surface area (Å²) in [4.78, 5) is 2.19. The molecule has 1 nitrogen and oxygen atoms in total. The number of hydrogen-bond donors (Lipinski definition) is 0. The van der Waals surface area contributed by atoms with Crippen LogP contribution in [-0.2, 0) is 0 Å². The van der Waals surface area contributed by atoms with E-state index >= 15 is 0 Å². The Hall–Kier alpha value is -0.110. The molecule has 0 aromatic carbocycles. The maximum Gasteiger partial charge on any atom is 0.115 e. The van der Waals surface area contributed by atoms with Crippen molar-refractivity contribution in [2.45, 2.75) is 32.4 Å². The van der Waals surface area contributed by atoms with E-state index in [2.05, 4.69) is 11.9 Å². The highest BCUT2D eigenvalue weighted by atomic mass is 19.1. The highest BCUT2D eigenvalue weighted by molar-refractivity contribution is 4.87. The van der Waals surface area contributed by atoms with Crippen molar-refractivity contribution in [1.29, 1.82) is 0 Å². The number of likely N-dealkylation sites (tertiary alicyclic amines) is 1. The fourth-order valence-electron chi connectivity index (χ4n) is 1.57. The van der Waals surface area contributed by atoms with Gasteiger partial charge < -0.3 is 4.90 Å². The predicted molar refractivity (Wildman–Crippen MR) is 45.4 cm³/mol. The molecule has 2 heteroatoms. The summed E-state index contributed by atoms with van der Waals surface area (Å²) in [6, 6.07) is 0. The molecule has 0 aromatic heterocycles. The van der Waals surface area contributed by atoms with E-state index in [0.29, 0.717) is 12.8 Å². The first kappa shape index (κ1) is 8.98. The van der Waals surface area contributed by atoms with Gasteiger partial charge in [0.2, 0.25) is 0 Å². The molecule has 1 fully saturated rings. The quantitative estimate of drug-likeness (QED) is 0.566. The highest BCUT2D eigenvalue weighted by Gasteiger charge is 2.36. The van der Waals surface area contributed by atoms with Crippen LogP contribution in [0.1, 0.15) is 26.7 Å². The fraction of sp³-hybridized carbons (Fsp3) is 1.00. The first-order valence-electron chi connectivity index (χ1n) is 4.42. The molecule has 66 valence electrons. The van der Waals surface area contributed by atoms with Crippen molar-refractivity contribution < 1.29 is 4.39 Å². The van der Waals surface area contributed by atoms with Crippen LogP contribution in [0.2, 0.25) is 0 Å². The molecule has 0 amide bonds. The Morgan fingerprint density at radius 2 is 1.73 bits per heavy atom. The van der Waals surface area contributed by atoms with Gasteiger partial charge in [0, 0.05) is 13.1 Å². The normalized spacial score (nSPS) is 25.9. The molecule has 0 saturated carbocycles. The summed E-state index contributed by atoms with van der Waals surface area (Å²) in [5, 5.41) is 0. The van der Waals surface area contributed by atoms with E-state index in [9.17, 15) is 4.39 Å². The van der Waals surface area contributed by atoms with E-state index in [4.69, 9.17) is 0 Å². The lowest BCUT2D eigenvalue weighted by Crippen LogP contribution is -2.42. The number of halogens is 1. The van der Waals surface area contributed by atoms with Gasteiger partial charge in [0.05, 0.1) is 0 Å². The highest BCUT2D eigenvalue weighted by Crippen LogP contribution is 2.32. The van der Waals surface area contributed by atoms with Crippen molar-refractivity contribution in [2.75, 3.05) is 20.1 Å². The number of hydrogen-bond acceptors (Lipinski definition) is 1. The van der Waals surface area contributed by atoms with E-state index in [1.807, 2.05) is 13.8 Å². The van der Waals surface area contributed by atoms with Gasteiger partial charge in [-0.05, 0) is 25.8 Å². The van der Waals surface area contributed by atoms with Crippen molar-refractivity contribution in [3.05, 3.63) is 0 Å². The molecule has 0 bridgehead atoms. The molecule has 0 spiro atoms. The smallest absolute Gasteiger partial charge is 0.115 e. The molecule has 1 heterocycles. The van der Waals surface area contributed by atoms with Crippen LogP contribution < -0.4 is 0 Å². The van der Waals surface area contributed by atoms with E-state index < -0.39 is 5.67 Å². The Morgan fingerprint density at radius 3 is 2.09 bits per heavy atom. The molecule has 1 rings (SSSR count). The fourth-order valence-corrected chi connectivity index (χ4v) is 1.57. The van der Waals surface area contributed by atoms with E-state index in [1.165, 1.54) is 0 Å². The van der Waals surface area contributed by atoms with Crippen LogP contribution >= 0.6 is 0 Å². The molecule has 1 saturated heterocycles. The number of alkyl halides is 1. The Bertz CT molecular complexity index is 126. The minimum atomic E-state index is -0.882. The second-order valence-electron chi connectivity index (χ2n) is 3.99. The molecule has 0 aliphatic carbocycles. The van der Waals surface area contributed by atoms with E-state index in [1.54, 1.807) is 0 Å². The van der Waals surface area contributed by atoms with Crippen LogP contribution in [0.15, 0.2) is 0 Å². The second kappa shape index (κ2) is 3.10. The van der Waals surface area contributed by atoms with Crippen LogP contribution in [-0.4, -0.2) is 30.7 Å². The van der Waals surface area contributed by atoms with Gasteiger partial charge in [0.25, 0.3) is 0 Å². The van der Waals surface area contributed by atoms with Gasteiger partial charge in [-0.2, -0.15) is 0 Å². The Morgan fingerprint density at radius 1 is 1.27 bits per heavy atom. The zero-order valence-electron chi connectivity index (χ0n) is 7.73. The first-order chi connectivity index (χ1) is 5.04. The average Bonchev–Trinajstić information content (AvgIpc) is 1.95. The van der Waals surface area contributed by atoms with Crippen molar-refractivity contribution in [3.63, 3.8) is 0 Å². The third-order valence-corrected chi connectivity index (χ3v) is 2.85. The number of piperidine rings is 1. The largest absolute Gasteiger partial charge is 0.306 e. The van der Waals surface area contributed by atoms with Gasteiger partial charge in [-0.1, -0.05) is 13.8 Å². The van der Waals surface area contributed by atoms with Crippen LogP contribution in [0.25, 0.3) is 0 Å². The summed E-state index contributed by atoms with van der Waals surface area (Å²) in [6.45, 7) is 5.78. The van der Waals surface area contributed by atoms with Gasteiger partial charge in [-0.15, -0.1) is 0 Å². The molecule has 0 radical (unpaired) electrons. The summed E-state index contributed by atoms with van der Waals surface area (Å²) >= 11 is 0. The molecule has 0 unspecified atom stereocenters. The molecule has 1 aliphatic rings. The third-order valence-electron chi connectivity index (χ3n) is 2.85. The minimum Gasteiger partial charge on any atom is -0.306 e. The molecule has 1 aliphatic heterocycles. The second-order valence-corrected chi connectivity index (χ2v) is 3.99. The lowest BCUT2D eigenvalue weighted by Gasteiger charge is -2.37. The predicted octanol–water partition coefficient (Wildman–Crippen LogP) is 2.08. The Kier molecular flexibility index (Phi) is 2.53. The topological polar surface area (TPSA) is 3.24 Å². The van der Waals surface area contributed by atoms with Crippen LogP contribution in [0.5, 0.6) is 0 Å². The molecular weight excluding hydrogens is 141 g/mol. The minimum absolute atomic E-state index is 0.177. The van der Waals surface area contributed by atoms with Crippen LogP contribution in [0.4, 0.5) is 4.39 Å². The molecule has 0 aromatic rings. The molecule has 11 heavy (non-hydrogen) atoms. The van der Waals surface area contributed by atoms with Gasteiger partial charge in [0.1, 0.15) is 5.67 Å². The summed E-state index contributed by atoms with van der Waals surface area (Å²) in [5.41, 5.74) is -0.882. The third kappa shape index (κ3) is 1.92. The maximum atomic E-state index is 13.8.